The number of hydrogen-bond donors (Lipinski definition) is 2. The summed E-state index contributed by atoms with van der Waals surface area (Å²) in [7, 11) is 0. The van der Waals surface area contributed by atoms with Gasteiger partial charge in [-0.1, -0.05) is 74.9 Å². The maximum Gasteiger partial charge on any atom is 0.241 e. The molecule has 1 amide bonds. The van der Waals surface area contributed by atoms with Gasteiger partial charge in [0.25, 0.3) is 0 Å². The van der Waals surface area contributed by atoms with E-state index in [1.165, 1.54) is 27.9 Å². The van der Waals surface area contributed by atoms with E-state index in [-0.39, 0.29) is 23.4 Å². The Morgan fingerprint density at radius 3 is 1.94 bits per heavy atom. The molecule has 2 N–H and O–H groups in total. The first-order chi connectivity index (χ1) is 17.3. The SMILES string of the molecule is Cc1ccc(C2CCC(c3ccc(NC(=O)[C@@H]4CCCN4)cc3)N2c2ccc(C(C)(C)C)cc2)cc1. The van der Waals surface area contributed by atoms with Crippen molar-refractivity contribution in [2.24, 2.45) is 0 Å². The lowest BCUT2D eigenvalue weighted by molar-refractivity contribution is -0.117. The molecule has 2 unspecified atom stereocenters. The third-order valence-electron chi connectivity index (χ3n) is 7.82. The smallest absolute Gasteiger partial charge is 0.241 e. The van der Waals surface area contributed by atoms with Crippen LogP contribution in [-0.4, -0.2) is 18.5 Å². The Hall–Kier alpha value is -3.11. The molecule has 4 nitrogen and oxygen atoms in total. The van der Waals surface area contributed by atoms with E-state index in [2.05, 4.69) is 116 Å². The first kappa shape index (κ1) is 24.6. The van der Waals surface area contributed by atoms with Crippen molar-refractivity contribution in [3.05, 3.63) is 95.1 Å². The van der Waals surface area contributed by atoms with E-state index >= 15 is 0 Å². The molecule has 3 aromatic rings. The molecule has 3 aromatic carbocycles. The number of nitrogens with zero attached hydrogens (tertiary/aromatic N) is 1. The minimum atomic E-state index is -0.0682. The van der Waals surface area contributed by atoms with Crippen LogP contribution in [0.2, 0.25) is 0 Å². The van der Waals surface area contributed by atoms with Crippen molar-refractivity contribution in [2.45, 2.75) is 76.9 Å². The van der Waals surface area contributed by atoms with Crippen LogP contribution in [0.5, 0.6) is 0 Å². The van der Waals surface area contributed by atoms with Gasteiger partial charge in [-0.3, -0.25) is 4.79 Å². The van der Waals surface area contributed by atoms with Crippen LogP contribution in [0.1, 0.15) is 80.8 Å². The topological polar surface area (TPSA) is 44.4 Å². The van der Waals surface area contributed by atoms with Crippen molar-refractivity contribution < 1.29 is 4.79 Å². The molecular formula is C32H39N3O. The van der Waals surface area contributed by atoms with Crippen molar-refractivity contribution in [1.82, 2.24) is 5.32 Å². The Balaban J connectivity index is 1.42. The van der Waals surface area contributed by atoms with Gasteiger partial charge in [-0.25, -0.2) is 0 Å². The summed E-state index contributed by atoms with van der Waals surface area (Å²) >= 11 is 0. The van der Waals surface area contributed by atoms with Gasteiger partial charge in [-0.2, -0.15) is 0 Å². The lowest BCUT2D eigenvalue weighted by Gasteiger charge is -2.34. The molecule has 4 heteroatoms. The van der Waals surface area contributed by atoms with Crippen LogP contribution in [0.15, 0.2) is 72.8 Å². The normalized spacial score (nSPS) is 22.1. The van der Waals surface area contributed by atoms with Crippen LogP contribution in [-0.2, 0) is 10.2 Å². The average Bonchev–Trinajstić information content (AvgIpc) is 3.55. The summed E-state index contributed by atoms with van der Waals surface area (Å²) in [5, 5.41) is 6.36. The lowest BCUT2D eigenvalue weighted by Crippen LogP contribution is -2.35. The summed E-state index contributed by atoms with van der Waals surface area (Å²) in [5.74, 6) is 0.0705. The highest BCUT2D eigenvalue weighted by Crippen LogP contribution is 2.47. The van der Waals surface area contributed by atoms with E-state index in [0.29, 0.717) is 6.04 Å². The third-order valence-corrected chi connectivity index (χ3v) is 7.82. The molecule has 5 rings (SSSR count). The maximum atomic E-state index is 12.5. The van der Waals surface area contributed by atoms with Gasteiger partial charge < -0.3 is 15.5 Å². The largest absolute Gasteiger partial charge is 0.357 e. The van der Waals surface area contributed by atoms with Crippen molar-refractivity contribution in [3.63, 3.8) is 0 Å². The second kappa shape index (κ2) is 10.1. The molecule has 188 valence electrons. The number of rotatable bonds is 5. The van der Waals surface area contributed by atoms with Crippen molar-refractivity contribution in [3.8, 4) is 0 Å². The number of carbonyl (C=O) groups is 1. The van der Waals surface area contributed by atoms with Crippen molar-refractivity contribution >= 4 is 17.3 Å². The monoisotopic (exact) mass is 481 g/mol. The molecule has 36 heavy (non-hydrogen) atoms. The molecular weight excluding hydrogens is 442 g/mol. The Bertz CT molecular complexity index is 1170. The summed E-state index contributed by atoms with van der Waals surface area (Å²) in [6.07, 6.45) is 4.18. The molecule has 2 saturated heterocycles. The molecule has 2 aliphatic heterocycles. The highest BCUT2D eigenvalue weighted by Gasteiger charge is 2.35. The van der Waals surface area contributed by atoms with Gasteiger partial charge >= 0.3 is 0 Å². The van der Waals surface area contributed by atoms with E-state index in [0.717, 1.165) is 37.9 Å². The number of benzene rings is 3. The zero-order valence-electron chi connectivity index (χ0n) is 22.1. The van der Waals surface area contributed by atoms with E-state index in [1.54, 1.807) is 0 Å². The zero-order valence-corrected chi connectivity index (χ0v) is 22.1. The number of carbonyl (C=O) groups excluding carboxylic acids is 1. The molecule has 2 aliphatic rings. The van der Waals surface area contributed by atoms with Gasteiger partial charge in [-0.05, 0) is 85.5 Å². The molecule has 2 fully saturated rings. The molecule has 0 spiro atoms. The molecule has 0 radical (unpaired) electrons. The van der Waals surface area contributed by atoms with E-state index in [4.69, 9.17) is 0 Å². The molecule has 0 bridgehead atoms. The van der Waals surface area contributed by atoms with Gasteiger partial charge in [-0.15, -0.1) is 0 Å². The summed E-state index contributed by atoms with van der Waals surface area (Å²) in [6, 6.07) is 27.2. The van der Waals surface area contributed by atoms with Crippen molar-refractivity contribution in [2.75, 3.05) is 16.8 Å². The van der Waals surface area contributed by atoms with Gasteiger partial charge in [0.1, 0.15) is 0 Å². The summed E-state index contributed by atoms with van der Waals surface area (Å²) in [6.45, 7) is 9.86. The molecule has 3 atom stereocenters. The number of nitrogens with one attached hydrogen (secondary N) is 2. The standard InChI is InChI=1S/C32H39N3O/c1-22-7-9-23(10-8-22)29-19-20-30(35(29)27-17-13-25(14-18-27)32(2,3)4)24-11-15-26(16-12-24)34-31(36)28-6-5-21-33-28/h7-18,28-30,33H,5-6,19-21H2,1-4H3,(H,34,36)/t28-,29?,30?/m0/s1. The number of hydrogen-bond acceptors (Lipinski definition) is 3. The van der Waals surface area contributed by atoms with Crippen LogP contribution in [0, 0.1) is 6.92 Å². The van der Waals surface area contributed by atoms with E-state index < -0.39 is 0 Å². The summed E-state index contributed by atoms with van der Waals surface area (Å²) in [4.78, 5) is 15.1. The van der Waals surface area contributed by atoms with E-state index in [9.17, 15) is 4.79 Å². The Kier molecular flexibility index (Phi) is 6.90. The fourth-order valence-electron chi connectivity index (χ4n) is 5.67. The number of anilines is 2. The second-order valence-corrected chi connectivity index (χ2v) is 11.5. The first-order valence-corrected chi connectivity index (χ1v) is 13.4. The molecule has 0 aromatic heterocycles. The van der Waals surface area contributed by atoms with Crippen LogP contribution >= 0.6 is 0 Å². The van der Waals surface area contributed by atoms with Gasteiger partial charge in [0, 0.05) is 11.4 Å². The third kappa shape index (κ3) is 5.19. The minimum absolute atomic E-state index is 0.0682. The number of amides is 1. The minimum Gasteiger partial charge on any atom is -0.357 e. The molecule has 0 aliphatic carbocycles. The van der Waals surface area contributed by atoms with Gasteiger partial charge in [0.2, 0.25) is 5.91 Å². The second-order valence-electron chi connectivity index (χ2n) is 11.5. The zero-order chi connectivity index (χ0) is 25.3. The van der Waals surface area contributed by atoms with Crippen LogP contribution in [0.4, 0.5) is 11.4 Å². The fourth-order valence-corrected chi connectivity index (χ4v) is 5.67. The van der Waals surface area contributed by atoms with Gasteiger partial charge in [0.15, 0.2) is 0 Å². The van der Waals surface area contributed by atoms with Crippen LogP contribution < -0.4 is 15.5 Å². The van der Waals surface area contributed by atoms with Gasteiger partial charge in [0.05, 0.1) is 18.1 Å². The fraction of sp³-hybridized carbons (Fsp3) is 0.406. The maximum absolute atomic E-state index is 12.5. The Labute approximate surface area is 216 Å². The van der Waals surface area contributed by atoms with E-state index in [1.807, 2.05) is 0 Å². The molecule has 0 saturated carbocycles. The highest BCUT2D eigenvalue weighted by atomic mass is 16.2. The van der Waals surface area contributed by atoms with Crippen LogP contribution in [0.3, 0.4) is 0 Å². The van der Waals surface area contributed by atoms with Crippen molar-refractivity contribution in [1.29, 1.82) is 0 Å². The lowest BCUT2D eigenvalue weighted by atomic mass is 9.87. The molecule has 2 heterocycles. The first-order valence-electron chi connectivity index (χ1n) is 13.4. The Morgan fingerprint density at radius 1 is 0.833 bits per heavy atom. The van der Waals surface area contributed by atoms with Crippen LogP contribution in [0.25, 0.3) is 0 Å². The summed E-state index contributed by atoms with van der Waals surface area (Å²) < 4.78 is 0. The quantitative estimate of drug-likeness (QED) is 0.410. The number of aryl methyl sites for hydroxylation is 1. The highest BCUT2D eigenvalue weighted by molar-refractivity contribution is 5.95. The predicted molar refractivity (Wildman–Crippen MR) is 150 cm³/mol. The predicted octanol–water partition coefficient (Wildman–Crippen LogP) is 7.07. The summed E-state index contributed by atoms with van der Waals surface area (Å²) in [5.41, 5.74) is 7.57. The Morgan fingerprint density at radius 2 is 1.42 bits per heavy atom. The average molecular weight is 482 g/mol.